The molecule has 0 radical (unpaired) electrons. The van der Waals surface area contributed by atoms with Gasteiger partial charge in [0.25, 0.3) is 0 Å². The van der Waals surface area contributed by atoms with Crippen molar-refractivity contribution in [3.8, 4) is 12.1 Å². The molecule has 1 atom stereocenters. The second-order valence-corrected chi connectivity index (χ2v) is 7.86. The number of aromatic nitrogens is 2. The third-order valence-electron chi connectivity index (χ3n) is 4.32. The van der Waals surface area contributed by atoms with Gasteiger partial charge in [-0.3, -0.25) is 4.40 Å². The number of thiazole rings is 1. The number of aryl methyl sites for hydroxylation is 1. The first-order valence-electron chi connectivity index (χ1n) is 8.10. The van der Waals surface area contributed by atoms with Crippen LogP contribution in [0.4, 0.5) is 0 Å². The molecule has 6 nitrogen and oxygen atoms in total. The molecule has 8 heteroatoms. The molecule has 0 saturated carbocycles. The van der Waals surface area contributed by atoms with Gasteiger partial charge in [-0.1, -0.05) is 30.0 Å². The van der Waals surface area contributed by atoms with Gasteiger partial charge in [0.2, 0.25) is 0 Å². The van der Waals surface area contributed by atoms with E-state index in [1.54, 1.807) is 0 Å². The van der Waals surface area contributed by atoms with Crippen LogP contribution in [0.3, 0.4) is 0 Å². The summed E-state index contributed by atoms with van der Waals surface area (Å²) in [4.78, 5) is 6.37. The van der Waals surface area contributed by atoms with E-state index in [0.717, 1.165) is 21.2 Å². The molecule has 0 fully saturated rings. The fraction of sp³-hybridized carbons (Fsp3) is 0.105. The highest BCUT2D eigenvalue weighted by atomic mass is 32.2. The fourth-order valence-corrected chi connectivity index (χ4v) is 4.88. The zero-order valence-corrected chi connectivity index (χ0v) is 15.9. The second kappa shape index (κ2) is 6.84. The van der Waals surface area contributed by atoms with Crippen LogP contribution >= 0.6 is 23.1 Å². The largest absolute Gasteiger partial charge is 0.384 e. The highest BCUT2D eigenvalue weighted by Crippen LogP contribution is 2.42. The van der Waals surface area contributed by atoms with Crippen LogP contribution in [0.2, 0.25) is 0 Å². The highest BCUT2D eigenvalue weighted by Gasteiger charge is 2.35. The lowest BCUT2D eigenvalue weighted by molar-refractivity contribution is 0.804. The van der Waals surface area contributed by atoms with Gasteiger partial charge >= 0.3 is 0 Å². The van der Waals surface area contributed by atoms with Gasteiger partial charge in [0, 0.05) is 16.5 Å². The van der Waals surface area contributed by atoms with E-state index >= 15 is 0 Å². The first-order chi connectivity index (χ1) is 13.1. The predicted molar refractivity (Wildman–Crippen MR) is 105 cm³/mol. The van der Waals surface area contributed by atoms with Crippen LogP contribution in [0.1, 0.15) is 17.3 Å². The molecule has 0 saturated heterocycles. The normalized spacial score (nSPS) is 16.9. The molecule has 3 heterocycles. The van der Waals surface area contributed by atoms with Crippen LogP contribution in [-0.2, 0) is 0 Å². The van der Waals surface area contributed by atoms with Gasteiger partial charge in [0.15, 0.2) is 4.96 Å². The molecule has 132 valence electrons. The zero-order valence-electron chi connectivity index (χ0n) is 14.3. The van der Waals surface area contributed by atoms with Crippen molar-refractivity contribution in [1.82, 2.24) is 14.7 Å². The van der Waals surface area contributed by atoms with E-state index in [1.807, 2.05) is 53.2 Å². The maximum absolute atomic E-state index is 9.96. The summed E-state index contributed by atoms with van der Waals surface area (Å²) >= 11 is 2.93. The Morgan fingerprint density at radius 3 is 2.67 bits per heavy atom. The van der Waals surface area contributed by atoms with E-state index in [-0.39, 0.29) is 5.82 Å². The Morgan fingerprint density at radius 1 is 1.22 bits per heavy atom. The molecule has 2 aromatic heterocycles. The molecule has 1 aliphatic rings. The summed E-state index contributed by atoms with van der Waals surface area (Å²) in [5.74, 6) is -0.290. The van der Waals surface area contributed by atoms with Crippen molar-refractivity contribution in [2.75, 3.05) is 0 Å². The third-order valence-corrected chi connectivity index (χ3v) is 6.11. The number of nitrogens with one attached hydrogen (secondary N) is 1. The molecular weight excluding hydrogens is 376 g/mol. The van der Waals surface area contributed by atoms with Crippen molar-refractivity contribution in [2.24, 2.45) is 5.73 Å². The molecule has 3 aromatic rings. The first kappa shape index (κ1) is 17.2. The average molecular weight is 390 g/mol. The SMILES string of the molecule is Cc1nc2sccn2c1C1C(C#N)=C(N)NC(Sc2ccccc2)=C1C#N. The number of benzene rings is 1. The van der Waals surface area contributed by atoms with Crippen LogP contribution in [0.25, 0.3) is 4.96 Å². The highest BCUT2D eigenvalue weighted by molar-refractivity contribution is 8.03. The molecule has 0 amide bonds. The maximum Gasteiger partial charge on any atom is 0.194 e. The molecule has 1 aliphatic heterocycles. The van der Waals surface area contributed by atoms with Crippen molar-refractivity contribution in [2.45, 2.75) is 17.7 Å². The van der Waals surface area contributed by atoms with E-state index < -0.39 is 5.92 Å². The van der Waals surface area contributed by atoms with E-state index in [1.165, 1.54) is 23.1 Å². The number of fused-ring (bicyclic) bond motifs is 1. The molecular formula is C19H14N6S2. The number of allylic oxidation sites excluding steroid dienone is 2. The van der Waals surface area contributed by atoms with Crippen LogP contribution in [0.5, 0.6) is 0 Å². The lowest BCUT2D eigenvalue weighted by atomic mass is 9.86. The van der Waals surface area contributed by atoms with Gasteiger partial charge in [-0.2, -0.15) is 10.5 Å². The molecule has 3 N–H and O–H groups in total. The summed E-state index contributed by atoms with van der Waals surface area (Å²) in [5.41, 5.74) is 8.56. The van der Waals surface area contributed by atoms with Crippen molar-refractivity contribution in [3.05, 3.63) is 75.3 Å². The number of nitrogens with zero attached hydrogens (tertiary/aromatic N) is 4. The van der Waals surface area contributed by atoms with E-state index in [9.17, 15) is 10.5 Å². The Hall–Kier alpha value is -3.20. The van der Waals surface area contributed by atoms with Gasteiger partial charge in [-0.25, -0.2) is 4.98 Å². The topological polar surface area (TPSA) is 103 Å². The Bertz CT molecular complexity index is 1170. The van der Waals surface area contributed by atoms with Crippen LogP contribution in [0, 0.1) is 29.6 Å². The maximum atomic E-state index is 9.96. The van der Waals surface area contributed by atoms with Gasteiger partial charge in [-0.05, 0) is 19.1 Å². The van der Waals surface area contributed by atoms with Crippen molar-refractivity contribution in [1.29, 1.82) is 10.5 Å². The number of rotatable bonds is 3. The minimum atomic E-state index is -0.558. The minimum Gasteiger partial charge on any atom is -0.384 e. The molecule has 1 aromatic carbocycles. The van der Waals surface area contributed by atoms with Crippen molar-refractivity contribution in [3.63, 3.8) is 0 Å². The Balaban J connectivity index is 1.91. The van der Waals surface area contributed by atoms with Gasteiger partial charge in [0.05, 0.1) is 45.6 Å². The third kappa shape index (κ3) is 2.85. The Morgan fingerprint density at radius 2 is 1.96 bits per heavy atom. The number of nitriles is 2. The number of hydrogen-bond acceptors (Lipinski definition) is 7. The fourth-order valence-electron chi connectivity index (χ4n) is 3.15. The lowest BCUT2D eigenvalue weighted by Gasteiger charge is -2.26. The van der Waals surface area contributed by atoms with Gasteiger partial charge < -0.3 is 11.1 Å². The molecule has 0 bridgehead atoms. The number of dihydropyridines is 1. The standard InChI is InChI=1S/C19H14N6S2/c1-11-16(25-7-8-26-19(25)23-11)15-13(9-20)17(22)24-18(14(15)10-21)27-12-5-3-2-4-6-12/h2-8,15,24H,22H2,1H3. The zero-order chi connectivity index (χ0) is 19.0. The number of imidazole rings is 1. The number of nitrogens with two attached hydrogens (primary N) is 1. The van der Waals surface area contributed by atoms with E-state index in [0.29, 0.717) is 16.2 Å². The quantitative estimate of drug-likeness (QED) is 0.708. The summed E-state index contributed by atoms with van der Waals surface area (Å²) in [6, 6.07) is 14.2. The van der Waals surface area contributed by atoms with Crippen LogP contribution in [-0.4, -0.2) is 9.38 Å². The van der Waals surface area contributed by atoms with E-state index in [4.69, 9.17) is 5.73 Å². The average Bonchev–Trinajstić information content (AvgIpc) is 3.22. The molecule has 0 spiro atoms. The van der Waals surface area contributed by atoms with Gasteiger partial charge in [-0.15, -0.1) is 11.3 Å². The smallest absolute Gasteiger partial charge is 0.194 e. The predicted octanol–water partition coefficient (Wildman–Crippen LogP) is 3.61. The first-order valence-corrected chi connectivity index (χ1v) is 9.79. The monoisotopic (exact) mass is 390 g/mol. The molecule has 27 heavy (non-hydrogen) atoms. The summed E-state index contributed by atoms with van der Waals surface area (Å²) in [5, 5.41) is 25.3. The number of thioether (sulfide) groups is 1. The minimum absolute atomic E-state index is 0.268. The lowest BCUT2D eigenvalue weighted by Crippen LogP contribution is -2.30. The van der Waals surface area contributed by atoms with Gasteiger partial charge in [0.1, 0.15) is 5.82 Å². The van der Waals surface area contributed by atoms with Crippen molar-refractivity contribution < 1.29 is 0 Å². The summed E-state index contributed by atoms with van der Waals surface area (Å²) in [6.07, 6.45) is 1.90. The van der Waals surface area contributed by atoms with Crippen LogP contribution in [0.15, 0.2) is 68.8 Å². The van der Waals surface area contributed by atoms with Crippen molar-refractivity contribution >= 4 is 28.1 Å². The van der Waals surface area contributed by atoms with Crippen LogP contribution < -0.4 is 11.1 Å². The van der Waals surface area contributed by atoms with E-state index in [2.05, 4.69) is 22.4 Å². The Labute approximate surface area is 164 Å². The summed E-state index contributed by atoms with van der Waals surface area (Å²) in [6.45, 7) is 1.89. The summed E-state index contributed by atoms with van der Waals surface area (Å²) < 4.78 is 1.93. The summed E-state index contributed by atoms with van der Waals surface area (Å²) in [7, 11) is 0. The molecule has 4 rings (SSSR count). The Kier molecular flexibility index (Phi) is 4.36. The number of hydrogen-bond donors (Lipinski definition) is 2. The molecule has 0 aliphatic carbocycles. The molecule has 1 unspecified atom stereocenters. The second-order valence-electron chi connectivity index (χ2n) is 5.90.